The number of sulfonamides is 1. The van der Waals surface area contributed by atoms with Crippen LogP contribution in [0.4, 0.5) is 5.69 Å². The normalized spacial score (nSPS) is 11.7. The van der Waals surface area contributed by atoms with Crippen LogP contribution < -0.4 is 15.8 Å². The van der Waals surface area contributed by atoms with E-state index in [1.807, 2.05) is 13.8 Å². The number of benzene rings is 1. The molecule has 6 nitrogen and oxygen atoms in total. The molecule has 7 heteroatoms. The van der Waals surface area contributed by atoms with Crippen molar-refractivity contribution in [2.24, 2.45) is 5.92 Å². The molecule has 0 saturated heterocycles. The summed E-state index contributed by atoms with van der Waals surface area (Å²) in [4.78, 5) is 11.7. The molecular weight excluding hydrogens is 290 g/mol. The first-order chi connectivity index (χ1) is 9.65. The molecule has 4 N–H and O–H groups in total. The van der Waals surface area contributed by atoms with Crippen molar-refractivity contribution in [3.05, 3.63) is 23.3 Å². The largest absolute Gasteiger partial charge is 0.398 e. The first-order valence-electron chi connectivity index (χ1n) is 6.77. The van der Waals surface area contributed by atoms with Gasteiger partial charge in [0.2, 0.25) is 15.9 Å². The lowest BCUT2D eigenvalue weighted by Gasteiger charge is -2.14. The number of rotatable bonds is 6. The summed E-state index contributed by atoms with van der Waals surface area (Å²) in [6.45, 7) is 7.49. The minimum Gasteiger partial charge on any atom is -0.398 e. The number of amides is 1. The maximum absolute atomic E-state index is 12.3. The second-order valence-corrected chi connectivity index (χ2v) is 7.15. The van der Waals surface area contributed by atoms with Gasteiger partial charge in [0, 0.05) is 12.2 Å². The number of hydrogen-bond donors (Lipinski definition) is 3. The van der Waals surface area contributed by atoms with Gasteiger partial charge in [-0.25, -0.2) is 13.1 Å². The second kappa shape index (κ2) is 6.91. The Hall–Kier alpha value is -1.60. The Labute approximate surface area is 126 Å². The molecule has 118 valence electrons. The molecule has 0 fully saturated rings. The molecule has 0 bridgehead atoms. The summed E-state index contributed by atoms with van der Waals surface area (Å²) in [6.07, 6.45) is 0. The first kappa shape index (κ1) is 17.5. The molecule has 0 atom stereocenters. The Morgan fingerprint density at radius 2 is 1.90 bits per heavy atom. The van der Waals surface area contributed by atoms with E-state index in [2.05, 4.69) is 10.0 Å². The molecule has 0 aliphatic rings. The highest BCUT2D eigenvalue weighted by Crippen LogP contribution is 2.24. The number of carbonyl (C=O) groups is 1. The Morgan fingerprint density at radius 3 is 2.48 bits per heavy atom. The van der Waals surface area contributed by atoms with Crippen molar-refractivity contribution in [3.63, 3.8) is 0 Å². The van der Waals surface area contributed by atoms with Gasteiger partial charge in [0.15, 0.2) is 0 Å². The molecule has 0 aliphatic carbocycles. The molecule has 0 saturated carbocycles. The van der Waals surface area contributed by atoms with Gasteiger partial charge in [-0.05, 0) is 37.0 Å². The lowest BCUT2D eigenvalue weighted by molar-refractivity contribution is -0.120. The molecule has 0 spiro atoms. The van der Waals surface area contributed by atoms with Crippen molar-refractivity contribution < 1.29 is 13.2 Å². The monoisotopic (exact) mass is 313 g/mol. The molecular formula is C14H23N3O3S. The summed E-state index contributed by atoms with van der Waals surface area (Å²) in [7, 11) is -3.77. The van der Waals surface area contributed by atoms with Gasteiger partial charge in [0.1, 0.15) is 0 Å². The minimum absolute atomic E-state index is 0.138. The van der Waals surface area contributed by atoms with Crippen LogP contribution in [-0.2, 0) is 14.8 Å². The Kier molecular flexibility index (Phi) is 5.74. The summed E-state index contributed by atoms with van der Waals surface area (Å²) < 4.78 is 27.0. The predicted octanol–water partition coefficient (Wildman–Crippen LogP) is 0.936. The molecule has 1 aromatic rings. The number of anilines is 1. The van der Waals surface area contributed by atoms with Crippen LogP contribution in [0.1, 0.15) is 25.0 Å². The van der Waals surface area contributed by atoms with E-state index < -0.39 is 10.0 Å². The first-order valence-corrected chi connectivity index (χ1v) is 8.25. The van der Waals surface area contributed by atoms with Crippen LogP contribution in [0.15, 0.2) is 17.0 Å². The summed E-state index contributed by atoms with van der Waals surface area (Å²) >= 11 is 0. The van der Waals surface area contributed by atoms with Crippen LogP contribution in [0.25, 0.3) is 0 Å². The van der Waals surface area contributed by atoms with Gasteiger partial charge < -0.3 is 11.1 Å². The number of hydrogen-bond acceptors (Lipinski definition) is 4. The Balaban J connectivity index is 2.84. The molecule has 0 aliphatic heterocycles. The van der Waals surface area contributed by atoms with E-state index in [1.54, 1.807) is 26.0 Å². The third kappa shape index (κ3) is 4.71. The lowest BCUT2D eigenvalue weighted by atomic mass is 10.1. The van der Waals surface area contributed by atoms with Gasteiger partial charge >= 0.3 is 0 Å². The molecule has 1 rings (SSSR count). The summed E-state index contributed by atoms with van der Waals surface area (Å²) in [5.74, 6) is -0.0459. The molecule has 1 aromatic carbocycles. The van der Waals surface area contributed by atoms with Crippen molar-refractivity contribution in [3.8, 4) is 0 Å². The quantitative estimate of drug-likeness (QED) is 0.680. The highest BCUT2D eigenvalue weighted by atomic mass is 32.2. The molecule has 21 heavy (non-hydrogen) atoms. The van der Waals surface area contributed by atoms with Crippen molar-refractivity contribution in [2.45, 2.75) is 32.6 Å². The van der Waals surface area contributed by atoms with Crippen molar-refractivity contribution in [1.29, 1.82) is 0 Å². The van der Waals surface area contributed by atoms with E-state index in [1.165, 1.54) is 0 Å². The molecule has 0 radical (unpaired) electrons. The maximum atomic E-state index is 12.3. The highest BCUT2D eigenvalue weighted by Gasteiger charge is 2.21. The van der Waals surface area contributed by atoms with Gasteiger partial charge in [0.05, 0.1) is 11.4 Å². The van der Waals surface area contributed by atoms with Crippen molar-refractivity contribution in [1.82, 2.24) is 10.0 Å². The SMILES string of the molecule is Cc1ccc(N)c(C)c1S(=O)(=O)NCC(=O)NCC(C)C. The van der Waals surface area contributed by atoms with Crippen LogP contribution in [0, 0.1) is 19.8 Å². The average molecular weight is 313 g/mol. The zero-order valence-corrected chi connectivity index (χ0v) is 13.7. The van der Waals surface area contributed by atoms with E-state index in [0.717, 1.165) is 0 Å². The van der Waals surface area contributed by atoms with Gasteiger partial charge in [-0.2, -0.15) is 0 Å². The van der Waals surface area contributed by atoms with Crippen LogP contribution in [0.3, 0.4) is 0 Å². The van der Waals surface area contributed by atoms with Gasteiger partial charge in [-0.3, -0.25) is 4.79 Å². The van der Waals surface area contributed by atoms with E-state index in [-0.39, 0.29) is 17.3 Å². The smallest absolute Gasteiger partial charge is 0.241 e. The third-order valence-electron chi connectivity index (χ3n) is 3.04. The van der Waals surface area contributed by atoms with Gasteiger partial charge in [-0.1, -0.05) is 19.9 Å². The molecule has 0 heterocycles. The predicted molar refractivity (Wildman–Crippen MR) is 83.4 cm³/mol. The molecule has 1 amide bonds. The topological polar surface area (TPSA) is 101 Å². The van der Waals surface area contributed by atoms with E-state index >= 15 is 0 Å². The van der Waals surface area contributed by atoms with Gasteiger partial charge in [0.25, 0.3) is 0 Å². The number of nitrogen functional groups attached to an aromatic ring is 1. The molecule has 0 aromatic heterocycles. The molecule has 0 unspecified atom stereocenters. The van der Waals surface area contributed by atoms with E-state index in [0.29, 0.717) is 29.3 Å². The maximum Gasteiger partial charge on any atom is 0.241 e. The van der Waals surface area contributed by atoms with E-state index in [4.69, 9.17) is 5.73 Å². The van der Waals surface area contributed by atoms with Crippen LogP contribution >= 0.6 is 0 Å². The standard InChI is InChI=1S/C14H23N3O3S/c1-9(2)7-16-13(18)8-17-21(19,20)14-10(3)5-6-12(15)11(14)4/h5-6,9,17H,7-8,15H2,1-4H3,(H,16,18). The van der Waals surface area contributed by atoms with E-state index in [9.17, 15) is 13.2 Å². The fourth-order valence-electron chi connectivity index (χ4n) is 1.87. The summed E-state index contributed by atoms with van der Waals surface area (Å²) in [6, 6.07) is 3.31. The number of aryl methyl sites for hydroxylation is 1. The zero-order chi connectivity index (χ0) is 16.2. The summed E-state index contributed by atoms with van der Waals surface area (Å²) in [5.41, 5.74) is 7.24. The summed E-state index contributed by atoms with van der Waals surface area (Å²) in [5, 5.41) is 2.66. The fraction of sp³-hybridized carbons (Fsp3) is 0.500. The Bertz CT molecular complexity index is 625. The van der Waals surface area contributed by atoms with Gasteiger partial charge in [-0.15, -0.1) is 0 Å². The van der Waals surface area contributed by atoms with Crippen molar-refractivity contribution in [2.75, 3.05) is 18.8 Å². The van der Waals surface area contributed by atoms with Crippen LogP contribution in [0.2, 0.25) is 0 Å². The number of carbonyl (C=O) groups excluding carboxylic acids is 1. The average Bonchev–Trinajstić information content (AvgIpc) is 2.38. The third-order valence-corrected chi connectivity index (χ3v) is 4.73. The minimum atomic E-state index is -3.77. The van der Waals surface area contributed by atoms with Crippen molar-refractivity contribution >= 4 is 21.6 Å². The number of nitrogens with one attached hydrogen (secondary N) is 2. The lowest BCUT2D eigenvalue weighted by Crippen LogP contribution is -2.38. The highest BCUT2D eigenvalue weighted by molar-refractivity contribution is 7.89. The second-order valence-electron chi connectivity index (χ2n) is 5.45. The Morgan fingerprint density at radius 1 is 1.29 bits per heavy atom. The van der Waals surface area contributed by atoms with Crippen LogP contribution in [-0.4, -0.2) is 27.4 Å². The zero-order valence-electron chi connectivity index (χ0n) is 12.9. The number of nitrogens with two attached hydrogens (primary N) is 1. The van der Waals surface area contributed by atoms with Crippen LogP contribution in [0.5, 0.6) is 0 Å². The fourth-order valence-corrected chi connectivity index (χ4v) is 3.35.